The molecule has 0 aromatic carbocycles. The van der Waals surface area contributed by atoms with Crippen LogP contribution in [0.1, 0.15) is 13.3 Å². The first-order valence-electron chi connectivity index (χ1n) is 7.48. The van der Waals surface area contributed by atoms with Gasteiger partial charge in [0.2, 0.25) is 5.91 Å². The van der Waals surface area contributed by atoms with Crippen molar-refractivity contribution in [2.75, 3.05) is 50.9 Å². The van der Waals surface area contributed by atoms with E-state index in [1.54, 1.807) is 0 Å². The number of nitrogens with zero attached hydrogens (tertiary/aromatic N) is 1. The summed E-state index contributed by atoms with van der Waals surface area (Å²) in [6, 6.07) is -0.213. The summed E-state index contributed by atoms with van der Waals surface area (Å²) in [5, 5.41) is 6.04. The number of hydrogen-bond acceptors (Lipinski definition) is 6. The molecule has 0 spiro atoms. The van der Waals surface area contributed by atoms with Gasteiger partial charge in [0.05, 0.1) is 24.7 Å². The van der Waals surface area contributed by atoms with Gasteiger partial charge in [-0.05, 0) is 6.92 Å². The Balaban J connectivity index is 1.70. The van der Waals surface area contributed by atoms with Crippen molar-refractivity contribution in [1.29, 1.82) is 0 Å². The van der Waals surface area contributed by atoms with Crippen LogP contribution in [-0.2, 0) is 19.4 Å². The highest BCUT2D eigenvalue weighted by atomic mass is 32.2. The predicted octanol–water partition coefficient (Wildman–Crippen LogP) is -1.40. The summed E-state index contributed by atoms with van der Waals surface area (Å²) in [5.41, 5.74) is 0. The minimum Gasteiger partial charge on any atom is -0.379 e. The quantitative estimate of drug-likeness (QED) is 0.648. The Morgan fingerprint density at radius 2 is 2.14 bits per heavy atom. The van der Waals surface area contributed by atoms with Gasteiger partial charge in [-0.2, -0.15) is 0 Å². The summed E-state index contributed by atoms with van der Waals surface area (Å²) in [5.74, 6) is 0.127. The molecule has 0 aromatic heterocycles. The van der Waals surface area contributed by atoms with Gasteiger partial charge < -0.3 is 15.4 Å². The number of morpholine rings is 1. The highest BCUT2D eigenvalue weighted by Gasteiger charge is 2.26. The molecular formula is C13H25N3O4S. The van der Waals surface area contributed by atoms with E-state index in [-0.39, 0.29) is 35.9 Å². The fourth-order valence-electron chi connectivity index (χ4n) is 2.77. The van der Waals surface area contributed by atoms with E-state index in [0.717, 1.165) is 32.8 Å². The maximum absolute atomic E-state index is 12.0. The van der Waals surface area contributed by atoms with Gasteiger partial charge in [0.25, 0.3) is 0 Å². The van der Waals surface area contributed by atoms with Crippen LogP contribution >= 0.6 is 0 Å². The van der Waals surface area contributed by atoms with Crippen LogP contribution < -0.4 is 10.6 Å². The summed E-state index contributed by atoms with van der Waals surface area (Å²) in [6.45, 7) is 6.47. The number of amides is 1. The Bertz CT molecular complexity index is 448. The van der Waals surface area contributed by atoms with Crippen LogP contribution in [0.5, 0.6) is 0 Å². The molecule has 2 unspecified atom stereocenters. The van der Waals surface area contributed by atoms with E-state index in [2.05, 4.69) is 15.5 Å². The maximum atomic E-state index is 12.0. The van der Waals surface area contributed by atoms with Crippen LogP contribution in [0.4, 0.5) is 0 Å². The monoisotopic (exact) mass is 319 g/mol. The van der Waals surface area contributed by atoms with Gasteiger partial charge in [-0.25, -0.2) is 8.42 Å². The van der Waals surface area contributed by atoms with Gasteiger partial charge >= 0.3 is 0 Å². The van der Waals surface area contributed by atoms with E-state index in [4.69, 9.17) is 4.74 Å². The van der Waals surface area contributed by atoms with E-state index in [0.29, 0.717) is 6.54 Å². The van der Waals surface area contributed by atoms with Crippen molar-refractivity contribution in [3.63, 3.8) is 0 Å². The third-order valence-electron chi connectivity index (χ3n) is 3.78. The van der Waals surface area contributed by atoms with Gasteiger partial charge in [-0.15, -0.1) is 0 Å². The second-order valence-corrected chi connectivity index (χ2v) is 8.08. The zero-order valence-corrected chi connectivity index (χ0v) is 13.3. The van der Waals surface area contributed by atoms with Crippen LogP contribution in [0.15, 0.2) is 0 Å². The molecule has 0 aliphatic carbocycles. The number of carbonyl (C=O) groups excluding carboxylic acids is 1. The van der Waals surface area contributed by atoms with Crippen LogP contribution in [0.3, 0.4) is 0 Å². The zero-order chi connectivity index (χ0) is 15.3. The van der Waals surface area contributed by atoms with Crippen molar-refractivity contribution >= 4 is 15.7 Å². The molecule has 21 heavy (non-hydrogen) atoms. The molecule has 2 fully saturated rings. The number of ether oxygens (including phenoxy) is 1. The number of nitrogens with one attached hydrogen (secondary N) is 2. The summed E-state index contributed by atoms with van der Waals surface area (Å²) in [4.78, 5) is 14.2. The third kappa shape index (κ3) is 5.90. The first-order valence-corrected chi connectivity index (χ1v) is 9.30. The van der Waals surface area contributed by atoms with Crippen molar-refractivity contribution in [1.82, 2.24) is 15.5 Å². The van der Waals surface area contributed by atoms with Gasteiger partial charge in [0, 0.05) is 44.7 Å². The standard InChI is InChI=1S/C13H25N3O4S/c1-11(9-16-3-5-20-6-4-16)15-13(17)8-12-10-21(18,19)7-2-14-12/h11-12,14H,2-10H2,1H3,(H,15,17). The SMILES string of the molecule is CC(CN1CCOCC1)NC(=O)CC1CS(=O)(=O)CCN1. The van der Waals surface area contributed by atoms with Crippen molar-refractivity contribution < 1.29 is 17.9 Å². The molecule has 0 radical (unpaired) electrons. The number of hydrogen-bond donors (Lipinski definition) is 2. The van der Waals surface area contributed by atoms with Gasteiger partial charge in [-0.1, -0.05) is 0 Å². The lowest BCUT2D eigenvalue weighted by Gasteiger charge is -2.30. The zero-order valence-electron chi connectivity index (χ0n) is 12.5. The van der Waals surface area contributed by atoms with Crippen molar-refractivity contribution in [2.45, 2.75) is 25.4 Å². The lowest BCUT2D eigenvalue weighted by Crippen LogP contribution is -2.50. The Hall–Kier alpha value is -0.700. The third-order valence-corrected chi connectivity index (χ3v) is 5.51. The molecule has 0 bridgehead atoms. The number of sulfone groups is 1. The molecule has 1 amide bonds. The molecule has 0 aromatic rings. The van der Waals surface area contributed by atoms with E-state index in [1.807, 2.05) is 6.92 Å². The van der Waals surface area contributed by atoms with Crippen molar-refractivity contribution in [3.8, 4) is 0 Å². The molecule has 2 rings (SSSR count). The van der Waals surface area contributed by atoms with Crippen LogP contribution in [-0.4, -0.2) is 82.2 Å². The lowest BCUT2D eigenvalue weighted by atomic mass is 10.2. The summed E-state index contributed by atoms with van der Waals surface area (Å²) < 4.78 is 28.4. The molecule has 2 atom stereocenters. The van der Waals surface area contributed by atoms with Crippen LogP contribution in [0.2, 0.25) is 0 Å². The molecule has 2 N–H and O–H groups in total. The minimum atomic E-state index is -2.99. The smallest absolute Gasteiger partial charge is 0.221 e. The molecule has 8 heteroatoms. The highest BCUT2D eigenvalue weighted by molar-refractivity contribution is 7.91. The molecule has 2 aliphatic rings. The topological polar surface area (TPSA) is 87.7 Å². The van der Waals surface area contributed by atoms with E-state index < -0.39 is 9.84 Å². The van der Waals surface area contributed by atoms with Gasteiger partial charge in [-0.3, -0.25) is 9.69 Å². The molecule has 2 saturated heterocycles. The fourth-order valence-corrected chi connectivity index (χ4v) is 4.22. The predicted molar refractivity (Wildman–Crippen MR) is 79.9 cm³/mol. The molecule has 7 nitrogen and oxygen atoms in total. The van der Waals surface area contributed by atoms with Gasteiger partial charge in [0.1, 0.15) is 0 Å². The van der Waals surface area contributed by atoms with E-state index in [9.17, 15) is 13.2 Å². The Labute approximate surface area is 126 Å². The fraction of sp³-hybridized carbons (Fsp3) is 0.923. The maximum Gasteiger partial charge on any atom is 0.221 e. The Morgan fingerprint density at radius 1 is 1.43 bits per heavy atom. The van der Waals surface area contributed by atoms with E-state index in [1.165, 1.54) is 0 Å². The van der Waals surface area contributed by atoms with Gasteiger partial charge in [0.15, 0.2) is 9.84 Å². The molecule has 0 saturated carbocycles. The first kappa shape index (κ1) is 16.7. The summed E-state index contributed by atoms with van der Waals surface area (Å²) >= 11 is 0. The Kier molecular flexibility index (Phi) is 5.98. The largest absolute Gasteiger partial charge is 0.379 e. The molecular weight excluding hydrogens is 294 g/mol. The molecule has 2 aliphatic heterocycles. The number of carbonyl (C=O) groups is 1. The summed E-state index contributed by atoms with van der Waals surface area (Å²) in [7, 11) is -2.99. The number of rotatable bonds is 5. The molecule has 122 valence electrons. The first-order chi connectivity index (χ1) is 9.94. The summed E-state index contributed by atoms with van der Waals surface area (Å²) in [6.07, 6.45) is 0.215. The average Bonchev–Trinajstić information content (AvgIpc) is 2.38. The second kappa shape index (κ2) is 7.53. The van der Waals surface area contributed by atoms with Crippen molar-refractivity contribution in [2.24, 2.45) is 0 Å². The highest BCUT2D eigenvalue weighted by Crippen LogP contribution is 2.05. The normalized spacial score (nSPS) is 28.0. The average molecular weight is 319 g/mol. The second-order valence-electron chi connectivity index (χ2n) is 5.85. The van der Waals surface area contributed by atoms with E-state index >= 15 is 0 Å². The van der Waals surface area contributed by atoms with Crippen molar-refractivity contribution in [3.05, 3.63) is 0 Å². The van der Waals surface area contributed by atoms with Crippen LogP contribution in [0, 0.1) is 0 Å². The molecule has 2 heterocycles. The minimum absolute atomic E-state index is 0.0517. The Morgan fingerprint density at radius 3 is 2.81 bits per heavy atom. The lowest BCUT2D eigenvalue weighted by molar-refractivity contribution is -0.122. The van der Waals surface area contributed by atoms with Crippen LogP contribution in [0.25, 0.3) is 0 Å².